The summed E-state index contributed by atoms with van der Waals surface area (Å²) in [6.07, 6.45) is 4.40. The second-order valence-corrected chi connectivity index (χ2v) is 3.85. The molecule has 0 saturated carbocycles. The molecule has 2 rings (SSSR count). The van der Waals surface area contributed by atoms with Crippen molar-refractivity contribution in [2.75, 3.05) is 0 Å². The van der Waals surface area contributed by atoms with Crippen LogP contribution in [0, 0.1) is 0 Å². The molecule has 0 aliphatic carbocycles. The average Bonchev–Trinajstić information content (AvgIpc) is 2.82. The Kier molecular flexibility index (Phi) is 3.31. The first-order valence-corrected chi connectivity index (χ1v) is 5.21. The molecule has 1 unspecified atom stereocenters. The highest BCUT2D eigenvalue weighted by Gasteiger charge is 2.10. The number of halogens is 1. The molecule has 0 N–H and O–H groups in total. The Balaban J connectivity index is 2.13. The Morgan fingerprint density at radius 3 is 2.69 bits per heavy atom. The van der Waals surface area contributed by atoms with E-state index >= 15 is 0 Å². The summed E-state index contributed by atoms with van der Waals surface area (Å²) in [6.45, 7) is 0. The normalized spacial score (nSPS) is 12.3. The zero-order valence-electron chi connectivity index (χ0n) is 8.45. The van der Waals surface area contributed by atoms with E-state index in [0.717, 1.165) is 11.8 Å². The lowest BCUT2D eigenvalue weighted by Gasteiger charge is -2.09. The zero-order valence-corrected chi connectivity index (χ0v) is 9.21. The van der Waals surface area contributed by atoms with Crippen molar-refractivity contribution in [3.8, 4) is 0 Å². The molecule has 0 amide bonds. The molecule has 1 aromatic heterocycles. The molecular weight excluding hydrogens is 226 g/mol. The van der Waals surface area contributed by atoms with Gasteiger partial charge in [0.25, 0.3) is 0 Å². The van der Waals surface area contributed by atoms with Crippen molar-refractivity contribution < 1.29 is 4.79 Å². The fourth-order valence-electron chi connectivity index (χ4n) is 1.45. The Bertz CT molecular complexity index is 453. The van der Waals surface area contributed by atoms with Crippen molar-refractivity contribution >= 4 is 17.9 Å². The number of carbonyl (C=O) groups is 1. The predicted octanol–water partition coefficient (Wildman–Crippen LogP) is 1.91. The van der Waals surface area contributed by atoms with E-state index in [9.17, 15) is 4.79 Å². The van der Waals surface area contributed by atoms with Crippen LogP contribution in [0.1, 0.15) is 11.6 Å². The van der Waals surface area contributed by atoms with Gasteiger partial charge < -0.3 is 4.79 Å². The highest BCUT2D eigenvalue weighted by atomic mass is 35.5. The first-order valence-electron chi connectivity index (χ1n) is 4.83. The lowest BCUT2D eigenvalue weighted by Crippen LogP contribution is -2.13. The largest absolute Gasteiger partial charge is 0.301 e. The maximum atomic E-state index is 11.0. The molecule has 4 nitrogen and oxygen atoms in total. The van der Waals surface area contributed by atoms with Gasteiger partial charge in [-0.05, 0) is 17.7 Å². The van der Waals surface area contributed by atoms with E-state index in [1.165, 1.54) is 12.7 Å². The van der Waals surface area contributed by atoms with E-state index in [-0.39, 0.29) is 6.04 Å². The third-order valence-corrected chi connectivity index (χ3v) is 2.54. The molecule has 0 spiro atoms. The molecule has 0 aliphatic heterocycles. The summed E-state index contributed by atoms with van der Waals surface area (Å²) in [5, 5.41) is 4.64. The summed E-state index contributed by atoms with van der Waals surface area (Å²) in [7, 11) is 0. The van der Waals surface area contributed by atoms with Gasteiger partial charge in [0.2, 0.25) is 0 Å². The van der Waals surface area contributed by atoms with Crippen LogP contribution in [0.25, 0.3) is 0 Å². The Labute approximate surface area is 97.9 Å². The number of hydrogen-bond donors (Lipinski definition) is 0. The topological polar surface area (TPSA) is 47.8 Å². The second kappa shape index (κ2) is 4.90. The lowest BCUT2D eigenvalue weighted by atomic mass is 10.1. The highest BCUT2D eigenvalue weighted by molar-refractivity contribution is 6.30. The third-order valence-electron chi connectivity index (χ3n) is 2.29. The molecule has 5 heteroatoms. The monoisotopic (exact) mass is 235 g/mol. The van der Waals surface area contributed by atoms with Crippen LogP contribution in [0.4, 0.5) is 0 Å². The molecule has 1 aromatic carbocycles. The summed E-state index contributed by atoms with van der Waals surface area (Å²) in [5.41, 5.74) is 1.04. The average molecular weight is 236 g/mol. The van der Waals surface area contributed by atoms with Crippen molar-refractivity contribution in [3.05, 3.63) is 47.5 Å². The molecule has 2 aromatic rings. The molecule has 0 bridgehead atoms. The zero-order chi connectivity index (χ0) is 11.4. The standard InChI is InChI=1S/C11H10ClN3O/c12-10-3-1-9(2-4-10)5-11(6-16)15-8-13-7-14-15/h1-4,6-8,11H,5H2. The van der Waals surface area contributed by atoms with E-state index < -0.39 is 0 Å². The summed E-state index contributed by atoms with van der Waals surface area (Å²) in [4.78, 5) is 14.8. The number of rotatable bonds is 4. The quantitative estimate of drug-likeness (QED) is 0.761. The van der Waals surface area contributed by atoms with Gasteiger partial charge in [-0.3, -0.25) is 0 Å². The van der Waals surface area contributed by atoms with Crippen LogP contribution in [0.3, 0.4) is 0 Å². The van der Waals surface area contributed by atoms with E-state index in [1.807, 2.05) is 12.1 Å². The lowest BCUT2D eigenvalue weighted by molar-refractivity contribution is -0.110. The van der Waals surface area contributed by atoms with Gasteiger partial charge in [-0.2, -0.15) is 5.10 Å². The van der Waals surface area contributed by atoms with E-state index in [0.29, 0.717) is 11.4 Å². The fraction of sp³-hybridized carbons (Fsp3) is 0.182. The van der Waals surface area contributed by atoms with Crippen LogP contribution in [-0.2, 0) is 11.2 Å². The van der Waals surface area contributed by atoms with Crippen molar-refractivity contribution in [1.29, 1.82) is 0 Å². The fourth-order valence-corrected chi connectivity index (χ4v) is 1.58. The number of aromatic nitrogens is 3. The molecule has 0 radical (unpaired) electrons. The summed E-state index contributed by atoms with van der Waals surface area (Å²) in [6, 6.07) is 7.09. The number of hydrogen-bond acceptors (Lipinski definition) is 3. The van der Waals surface area contributed by atoms with Crippen molar-refractivity contribution in [3.63, 3.8) is 0 Å². The van der Waals surface area contributed by atoms with Gasteiger partial charge >= 0.3 is 0 Å². The van der Waals surface area contributed by atoms with Gasteiger partial charge in [0.15, 0.2) is 0 Å². The number of nitrogens with zero attached hydrogens (tertiary/aromatic N) is 3. The maximum Gasteiger partial charge on any atom is 0.144 e. The van der Waals surface area contributed by atoms with Crippen LogP contribution in [0.5, 0.6) is 0 Å². The van der Waals surface area contributed by atoms with Crippen LogP contribution >= 0.6 is 11.6 Å². The number of carbonyl (C=O) groups excluding carboxylic acids is 1. The van der Waals surface area contributed by atoms with Crippen LogP contribution in [-0.4, -0.2) is 21.1 Å². The SMILES string of the molecule is O=CC(Cc1ccc(Cl)cc1)n1cncn1. The molecular formula is C11H10ClN3O. The highest BCUT2D eigenvalue weighted by Crippen LogP contribution is 2.14. The number of aldehydes is 1. The summed E-state index contributed by atoms with van der Waals surface area (Å²) >= 11 is 5.78. The third kappa shape index (κ3) is 2.46. The first kappa shape index (κ1) is 10.8. The van der Waals surface area contributed by atoms with Gasteiger partial charge in [-0.15, -0.1) is 0 Å². The van der Waals surface area contributed by atoms with Crippen molar-refractivity contribution in [2.24, 2.45) is 0 Å². The summed E-state index contributed by atoms with van der Waals surface area (Å²) in [5.74, 6) is 0. The minimum absolute atomic E-state index is 0.316. The van der Waals surface area contributed by atoms with E-state index in [1.54, 1.807) is 16.8 Å². The van der Waals surface area contributed by atoms with E-state index in [2.05, 4.69) is 10.1 Å². The molecule has 82 valence electrons. The Morgan fingerprint density at radius 1 is 1.38 bits per heavy atom. The molecule has 0 aliphatic rings. The number of benzene rings is 1. The molecule has 16 heavy (non-hydrogen) atoms. The minimum Gasteiger partial charge on any atom is -0.301 e. The van der Waals surface area contributed by atoms with Crippen molar-refractivity contribution in [2.45, 2.75) is 12.5 Å². The predicted molar refractivity (Wildman–Crippen MR) is 60.3 cm³/mol. The molecule has 1 atom stereocenters. The first-order chi connectivity index (χ1) is 7.79. The Hall–Kier alpha value is -1.68. The van der Waals surface area contributed by atoms with Crippen LogP contribution in [0.2, 0.25) is 5.02 Å². The van der Waals surface area contributed by atoms with Gasteiger partial charge in [-0.1, -0.05) is 23.7 Å². The van der Waals surface area contributed by atoms with Crippen molar-refractivity contribution in [1.82, 2.24) is 14.8 Å². The maximum absolute atomic E-state index is 11.0. The molecule has 0 saturated heterocycles. The van der Waals surface area contributed by atoms with E-state index in [4.69, 9.17) is 11.6 Å². The second-order valence-electron chi connectivity index (χ2n) is 3.41. The van der Waals surface area contributed by atoms with Gasteiger partial charge in [0.1, 0.15) is 25.0 Å². The van der Waals surface area contributed by atoms with Gasteiger partial charge in [0, 0.05) is 11.4 Å². The van der Waals surface area contributed by atoms with Crippen LogP contribution < -0.4 is 0 Å². The molecule has 0 fully saturated rings. The van der Waals surface area contributed by atoms with Crippen LogP contribution in [0.15, 0.2) is 36.9 Å². The minimum atomic E-state index is -0.316. The van der Waals surface area contributed by atoms with Gasteiger partial charge in [-0.25, -0.2) is 9.67 Å². The molecule has 1 heterocycles. The smallest absolute Gasteiger partial charge is 0.144 e. The summed E-state index contributed by atoms with van der Waals surface area (Å²) < 4.78 is 1.54. The van der Waals surface area contributed by atoms with Gasteiger partial charge in [0.05, 0.1) is 0 Å². The Morgan fingerprint density at radius 2 is 2.12 bits per heavy atom.